The fourth-order valence-electron chi connectivity index (χ4n) is 2.03. The summed E-state index contributed by atoms with van der Waals surface area (Å²) in [5.74, 6) is 0.331. The minimum Gasteiger partial charge on any atom is -0.508 e. The van der Waals surface area contributed by atoms with Crippen molar-refractivity contribution in [1.82, 2.24) is 0 Å². The minimum absolute atomic E-state index is 0.0727. The Morgan fingerprint density at radius 1 is 1.00 bits per heavy atom. The van der Waals surface area contributed by atoms with Gasteiger partial charge in [0.05, 0.1) is 5.38 Å². The number of alkyl halides is 1. The van der Waals surface area contributed by atoms with Gasteiger partial charge >= 0.3 is 0 Å². The molecule has 18 heavy (non-hydrogen) atoms. The summed E-state index contributed by atoms with van der Waals surface area (Å²) < 4.78 is 0. The van der Waals surface area contributed by atoms with E-state index in [9.17, 15) is 5.11 Å². The van der Waals surface area contributed by atoms with Gasteiger partial charge in [-0.3, -0.25) is 0 Å². The molecule has 0 saturated carbocycles. The number of hydrogen-bond donors (Lipinski definition) is 1. The van der Waals surface area contributed by atoms with Gasteiger partial charge in [-0.05, 0) is 42.5 Å². The van der Waals surface area contributed by atoms with Crippen molar-refractivity contribution < 1.29 is 5.11 Å². The highest BCUT2D eigenvalue weighted by Crippen LogP contribution is 2.26. The van der Waals surface area contributed by atoms with Crippen molar-refractivity contribution in [3.63, 3.8) is 0 Å². The molecule has 1 nitrogen and oxygen atoms in total. The Morgan fingerprint density at radius 2 is 1.78 bits per heavy atom. The van der Waals surface area contributed by atoms with Crippen LogP contribution in [0.5, 0.6) is 5.75 Å². The zero-order chi connectivity index (χ0) is 12.8. The van der Waals surface area contributed by atoms with Crippen LogP contribution in [0.2, 0.25) is 0 Å². The third-order valence-corrected chi connectivity index (χ3v) is 3.47. The summed E-state index contributed by atoms with van der Waals surface area (Å²) in [6.45, 7) is 0. The average molecular weight is 261 g/mol. The van der Waals surface area contributed by atoms with Crippen molar-refractivity contribution in [3.05, 3.63) is 65.7 Å². The van der Waals surface area contributed by atoms with E-state index in [-0.39, 0.29) is 5.38 Å². The second-order valence-electron chi connectivity index (χ2n) is 4.44. The van der Waals surface area contributed by atoms with Crippen molar-refractivity contribution in [3.8, 4) is 5.75 Å². The highest BCUT2D eigenvalue weighted by Gasteiger charge is 2.06. The molecule has 2 rings (SSSR count). The Balaban J connectivity index is 1.82. The van der Waals surface area contributed by atoms with E-state index in [0.717, 1.165) is 24.8 Å². The van der Waals surface area contributed by atoms with Gasteiger partial charge in [0.2, 0.25) is 0 Å². The summed E-state index contributed by atoms with van der Waals surface area (Å²) in [6, 6.07) is 17.6. The molecule has 0 radical (unpaired) electrons. The van der Waals surface area contributed by atoms with E-state index >= 15 is 0 Å². The SMILES string of the molecule is Oc1cccc(CCCC(Cl)c2ccccc2)c1. The monoisotopic (exact) mass is 260 g/mol. The molecule has 94 valence electrons. The van der Waals surface area contributed by atoms with E-state index < -0.39 is 0 Å². The maximum Gasteiger partial charge on any atom is 0.115 e. The fraction of sp³-hybridized carbons (Fsp3) is 0.250. The van der Waals surface area contributed by atoms with Gasteiger partial charge in [0, 0.05) is 0 Å². The predicted octanol–water partition coefficient (Wildman–Crippen LogP) is 4.70. The second-order valence-corrected chi connectivity index (χ2v) is 4.97. The molecular formula is C16H17ClO. The van der Waals surface area contributed by atoms with Crippen molar-refractivity contribution >= 4 is 11.6 Å². The average Bonchev–Trinajstić information content (AvgIpc) is 2.40. The van der Waals surface area contributed by atoms with Crippen LogP contribution in [-0.4, -0.2) is 5.11 Å². The van der Waals surface area contributed by atoms with Crippen LogP contribution in [0, 0.1) is 0 Å². The Bertz CT molecular complexity index is 481. The van der Waals surface area contributed by atoms with Gasteiger partial charge in [-0.2, -0.15) is 0 Å². The fourth-order valence-corrected chi connectivity index (χ4v) is 2.33. The highest BCUT2D eigenvalue weighted by molar-refractivity contribution is 6.20. The third kappa shape index (κ3) is 3.78. The number of phenols is 1. The molecule has 0 saturated heterocycles. The third-order valence-electron chi connectivity index (χ3n) is 2.99. The van der Waals surface area contributed by atoms with Gasteiger partial charge in [-0.1, -0.05) is 42.5 Å². The van der Waals surface area contributed by atoms with Crippen molar-refractivity contribution in [2.45, 2.75) is 24.6 Å². The quantitative estimate of drug-likeness (QED) is 0.773. The molecule has 2 heteroatoms. The van der Waals surface area contributed by atoms with Gasteiger partial charge in [0.15, 0.2) is 0 Å². The van der Waals surface area contributed by atoms with Crippen LogP contribution < -0.4 is 0 Å². The normalized spacial score (nSPS) is 12.3. The molecule has 0 spiro atoms. The van der Waals surface area contributed by atoms with Gasteiger partial charge in [0.1, 0.15) is 5.75 Å². The maximum absolute atomic E-state index is 9.37. The molecule has 0 fully saturated rings. The van der Waals surface area contributed by atoms with Crippen LogP contribution in [0.15, 0.2) is 54.6 Å². The number of aromatic hydroxyl groups is 1. The molecule has 1 atom stereocenters. The van der Waals surface area contributed by atoms with Crippen LogP contribution in [0.25, 0.3) is 0 Å². The van der Waals surface area contributed by atoms with Crippen molar-refractivity contribution in [2.24, 2.45) is 0 Å². The maximum atomic E-state index is 9.37. The Hall–Kier alpha value is -1.47. The molecule has 2 aromatic rings. The Kier molecular flexibility index (Phi) is 4.66. The van der Waals surface area contributed by atoms with Crippen LogP contribution >= 0.6 is 11.6 Å². The summed E-state index contributed by atoms with van der Waals surface area (Å²) >= 11 is 6.35. The van der Waals surface area contributed by atoms with Crippen LogP contribution in [-0.2, 0) is 6.42 Å². The largest absolute Gasteiger partial charge is 0.508 e. The second kappa shape index (κ2) is 6.46. The predicted molar refractivity (Wildman–Crippen MR) is 76.1 cm³/mol. The molecule has 2 aromatic carbocycles. The molecule has 0 bridgehead atoms. The number of halogens is 1. The highest BCUT2D eigenvalue weighted by atomic mass is 35.5. The Labute approximate surface area is 113 Å². The van der Waals surface area contributed by atoms with Crippen LogP contribution in [0.3, 0.4) is 0 Å². The van der Waals surface area contributed by atoms with Crippen LogP contribution in [0.4, 0.5) is 0 Å². The number of phenolic OH excluding ortho intramolecular Hbond substituents is 1. The summed E-state index contributed by atoms with van der Waals surface area (Å²) in [7, 11) is 0. The molecular weight excluding hydrogens is 244 g/mol. The van der Waals surface area contributed by atoms with E-state index in [1.54, 1.807) is 6.07 Å². The summed E-state index contributed by atoms with van der Waals surface area (Å²) in [6.07, 6.45) is 2.91. The first-order valence-corrected chi connectivity index (χ1v) is 6.66. The van der Waals surface area contributed by atoms with E-state index in [1.165, 1.54) is 5.56 Å². The molecule has 0 aliphatic carbocycles. The molecule has 0 heterocycles. The lowest BCUT2D eigenvalue weighted by atomic mass is 10.0. The lowest BCUT2D eigenvalue weighted by Gasteiger charge is -2.09. The van der Waals surface area contributed by atoms with E-state index in [0.29, 0.717) is 5.75 Å². The number of aryl methyl sites for hydroxylation is 1. The number of rotatable bonds is 5. The molecule has 0 aliphatic rings. The van der Waals surface area contributed by atoms with Gasteiger partial charge < -0.3 is 5.11 Å². The molecule has 0 aliphatic heterocycles. The number of hydrogen-bond acceptors (Lipinski definition) is 1. The summed E-state index contributed by atoms with van der Waals surface area (Å²) in [5, 5.41) is 9.45. The first kappa shape index (κ1) is 13.0. The summed E-state index contributed by atoms with van der Waals surface area (Å²) in [4.78, 5) is 0. The van der Waals surface area contributed by atoms with Gasteiger partial charge in [-0.15, -0.1) is 11.6 Å². The lowest BCUT2D eigenvalue weighted by Crippen LogP contribution is -1.92. The van der Waals surface area contributed by atoms with Crippen LogP contribution in [0.1, 0.15) is 29.3 Å². The molecule has 1 N–H and O–H groups in total. The standard InChI is InChI=1S/C16H17ClO/c17-16(14-8-2-1-3-9-14)11-5-7-13-6-4-10-15(18)12-13/h1-4,6,8-10,12,16,18H,5,7,11H2. The summed E-state index contributed by atoms with van der Waals surface area (Å²) in [5.41, 5.74) is 2.34. The minimum atomic E-state index is 0.0727. The van der Waals surface area contributed by atoms with Crippen molar-refractivity contribution in [2.75, 3.05) is 0 Å². The van der Waals surface area contributed by atoms with Crippen molar-refractivity contribution in [1.29, 1.82) is 0 Å². The van der Waals surface area contributed by atoms with Gasteiger partial charge in [0.25, 0.3) is 0 Å². The van der Waals surface area contributed by atoms with Gasteiger partial charge in [-0.25, -0.2) is 0 Å². The smallest absolute Gasteiger partial charge is 0.115 e. The van der Waals surface area contributed by atoms with E-state index in [2.05, 4.69) is 12.1 Å². The van der Waals surface area contributed by atoms with E-state index in [4.69, 9.17) is 11.6 Å². The van der Waals surface area contributed by atoms with E-state index in [1.807, 2.05) is 36.4 Å². The Morgan fingerprint density at radius 3 is 2.50 bits per heavy atom. The number of benzene rings is 2. The molecule has 0 aromatic heterocycles. The zero-order valence-corrected chi connectivity index (χ0v) is 11.0. The molecule has 1 unspecified atom stereocenters. The zero-order valence-electron chi connectivity index (χ0n) is 10.2. The first-order valence-electron chi connectivity index (χ1n) is 6.22. The lowest BCUT2D eigenvalue weighted by molar-refractivity contribution is 0.474. The molecule has 0 amide bonds. The topological polar surface area (TPSA) is 20.2 Å². The first-order chi connectivity index (χ1) is 8.75.